The van der Waals surface area contributed by atoms with E-state index >= 15 is 0 Å². The van der Waals surface area contributed by atoms with Gasteiger partial charge in [-0.05, 0) is 31.9 Å². The number of hydrogen-bond acceptors (Lipinski definition) is 4. The number of amides is 1. The van der Waals surface area contributed by atoms with E-state index in [1.54, 1.807) is 0 Å². The third-order valence-corrected chi connectivity index (χ3v) is 3.81. The number of nitro groups is 1. The average Bonchev–Trinajstić information content (AvgIpc) is 2.38. The van der Waals surface area contributed by atoms with Gasteiger partial charge in [0.15, 0.2) is 5.75 Å². The molecule has 0 heterocycles. The van der Waals surface area contributed by atoms with Crippen LogP contribution in [0.3, 0.4) is 0 Å². The van der Waals surface area contributed by atoms with Crippen LogP contribution in [0.1, 0.15) is 49.4 Å². The maximum Gasteiger partial charge on any atom is 0.323 e. The van der Waals surface area contributed by atoms with Crippen molar-refractivity contribution in [3.8, 4) is 5.75 Å². The zero-order chi connectivity index (χ0) is 14.8. The van der Waals surface area contributed by atoms with Crippen molar-refractivity contribution < 1.29 is 14.8 Å². The van der Waals surface area contributed by atoms with Gasteiger partial charge in [0.05, 0.1) is 4.92 Å². The van der Waals surface area contributed by atoms with Crippen LogP contribution in [-0.4, -0.2) is 21.5 Å². The Balaban J connectivity index is 2.25. The van der Waals surface area contributed by atoms with Gasteiger partial charge in [-0.2, -0.15) is 0 Å². The van der Waals surface area contributed by atoms with Gasteiger partial charge in [-0.1, -0.05) is 25.3 Å². The number of aromatic hydroxyl groups is 1. The van der Waals surface area contributed by atoms with Crippen LogP contribution in [0.25, 0.3) is 0 Å². The summed E-state index contributed by atoms with van der Waals surface area (Å²) in [6.45, 7) is 1.96. The monoisotopic (exact) mass is 278 g/mol. The van der Waals surface area contributed by atoms with Crippen LogP contribution in [0.5, 0.6) is 5.75 Å². The first-order valence-corrected chi connectivity index (χ1v) is 6.72. The molecule has 20 heavy (non-hydrogen) atoms. The molecule has 0 aliphatic heterocycles. The molecule has 0 aromatic heterocycles. The second kappa shape index (κ2) is 5.48. The number of carbonyl (C=O) groups excluding carboxylic acids is 1. The summed E-state index contributed by atoms with van der Waals surface area (Å²) in [5.41, 5.74) is -0.958. The minimum atomic E-state index is -0.729. The highest BCUT2D eigenvalue weighted by Crippen LogP contribution is 2.32. The first-order chi connectivity index (χ1) is 9.43. The van der Waals surface area contributed by atoms with E-state index in [9.17, 15) is 20.0 Å². The normalized spacial score (nSPS) is 17.4. The molecule has 2 rings (SSSR count). The Morgan fingerprint density at radius 1 is 1.35 bits per heavy atom. The molecule has 1 aliphatic carbocycles. The summed E-state index contributed by atoms with van der Waals surface area (Å²) in [6.07, 6.45) is 4.96. The van der Waals surface area contributed by atoms with Crippen LogP contribution in [0.15, 0.2) is 18.2 Å². The Kier molecular flexibility index (Phi) is 3.92. The highest BCUT2D eigenvalue weighted by molar-refractivity contribution is 5.99. The van der Waals surface area contributed by atoms with Crippen molar-refractivity contribution in [3.63, 3.8) is 0 Å². The van der Waals surface area contributed by atoms with E-state index in [0.29, 0.717) is 0 Å². The zero-order valence-electron chi connectivity index (χ0n) is 11.4. The van der Waals surface area contributed by atoms with Crippen LogP contribution in [0, 0.1) is 10.1 Å². The number of nitro benzene ring substituents is 1. The van der Waals surface area contributed by atoms with Gasteiger partial charge in [0.1, 0.15) is 5.56 Å². The van der Waals surface area contributed by atoms with Crippen molar-refractivity contribution >= 4 is 11.6 Å². The molecule has 0 radical (unpaired) electrons. The molecule has 0 atom stereocenters. The second-order valence-electron chi connectivity index (χ2n) is 5.51. The number of carbonyl (C=O) groups is 1. The summed E-state index contributed by atoms with van der Waals surface area (Å²) < 4.78 is 0. The molecular formula is C14H18N2O4. The van der Waals surface area contributed by atoms with Crippen molar-refractivity contribution in [2.24, 2.45) is 0 Å². The van der Waals surface area contributed by atoms with E-state index in [1.165, 1.54) is 18.2 Å². The van der Waals surface area contributed by atoms with Gasteiger partial charge in [0.2, 0.25) is 0 Å². The number of nitrogens with one attached hydrogen (secondary N) is 1. The third kappa shape index (κ3) is 2.89. The molecule has 108 valence electrons. The number of benzene rings is 1. The topological polar surface area (TPSA) is 92.5 Å². The highest BCUT2D eigenvalue weighted by Gasteiger charge is 2.32. The van der Waals surface area contributed by atoms with E-state index in [2.05, 4.69) is 5.32 Å². The lowest BCUT2D eigenvalue weighted by Crippen LogP contribution is -2.47. The minimum Gasteiger partial charge on any atom is -0.502 e. The van der Waals surface area contributed by atoms with Crippen LogP contribution >= 0.6 is 0 Å². The number of phenolic OH excluding ortho intramolecular Hbond substituents is 1. The summed E-state index contributed by atoms with van der Waals surface area (Å²) in [5, 5.41) is 23.4. The molecule has 1 aromatic carbocycles. The lowest BCUT2D eigenvalue weighted by Gasteiger charge is -2.34. The maximum atomic E-state index is 12.3. The predicted octanol–water partition coefficient (Wildman–Crippen LogP) is 2.75. The quantitative estimate of drug-likeness (QED) is 0.656. The number of phenols is 1. The van der Waals surface area contributed by atoms with Crippen LogP contribution in [0.4, 0.5) is 5.69 Å². The zero-order valence-corrected chi connectivity index (χ0v) is 11.4. The molecule has 6 heteroatoms. The summed E-state index contributed by atoms with van der Waals surface area (Å²) in [7, 11) is 0. The fourth-order valence-electron chi connectivity index (χ4n) is 2.70. The fraction of sp³-hybridized carbons (Fsp3) is 0.500. The highest BCUT2D eigenvalue weighted by atomic mass is 16.6. The first kappa shape index (κ1) is 14.3. The number of rotatable bonds is 3. The van der Waals surface area contributed by atoms with Crippen molar-refractivity contribution in [2.75, 3.05) is 0 Å². The molecule has 1 aliphatic rings. The van der Waals surface area contributed by atoms with Gasteiger partial charge >= 0.3 is 5.69 Å². The molecule has 0 unspecified atom stereocenters. The Morgan fingerprint density at radius 3 is 2.60 bits per heavy atom. The molecule has 0 spiro atoms. The van der Waals surface area contributed by atoms with E-state index in [-0.39, 0.29) is 11.1 Å². The van der Waals surface area contributed by atoms with Crippen molar-refractivity contribution in [1.29, 1.82) is 0 Å². The molecule has 1 aromatic rings. The molecule has 0 bridgehead atoms. The molecular weight excluding hydrogens is 260 g/mol. The average molecular weight is 278 g/mol. The van der Waals surface area contributed by atoms with Crippen molar-refractivity contribution in [2.45, 2.75) is 44.6 Å². The second-order valence-corrected chi connectivity index (χ2v) is 5.51. The summed E-state index contributed by atoms with van der Waals surface area (Å²) in [6, 6.07) is 4.00. The Morgan fingerprint density at radius 2 is 2.00 bits per heavy atom. The van der Waals surface area contributed by atoms with Gasteiger partial charge in [-0.25, -0.2) is 0 Å². The molecule has 1 saturated carbocycles. The van der Waals surface area contributed by atoms with Crippen molar-refractivity contribution in [1.82, 2.24) is 5.32 Å². The number of para-hydroxylation sites is 1. The molecule has 6 nitrogen and oxygen atoms in total. The largest absolute Gasteiger partial charge is 0.502 e. The van der Waals surface area contributed by atoms with E-state index in [0.717, 1.165) is 32.1 Å². The molecule has 0 saturated heterocycles. The number of hydrogen-bond donors (Lipinski definition) is 2. The fourth-order valence-corrected chi connectivity index (χ4v) is 2.70. The Hall–Kier alpha value is -2.11. The van der Waals surface area contributed by atoms with Gasteiger partial charge < -0.3 is 10.4 Å². The molecule has 2 N–H and O–H groups in total. The lowest BCUT2D eigenvalue weighted by molar-refractivity contribution is -0.386. The number of nitrogens with zero attached hydrogens (tertiary/aromatic N) is 1. The predicted molar refractivity (Wildman–Crippen MR) is 73.7 cm³/mol. The van der Waals surface area contributed by atoms with Gasteiger partial charge in [0.25, 0.3) is 5.91 Å². The molecule has 1 amide bonds. The van der Waals surface area contributed by atoms with Gasteiger partial charge in [-0.3, -0.25) is 14.9 Å². The Bertz CT molecular complexity index is 536. The lowest BCUT2D eigenvalue weighted by atomic mass is 9.83. The minimum absolute atomic E-state index is 0.0956. The SMILES string of the molecule is CC1(NC(=O)c2cccc(O)c2[N+](=O)[O-])CCCCC1. The van der Waals surface area contributed by atoms with Crippen LogP contribution in [0.2, 0.25) is 0 Å². The van der Waals surface area contributed by atoms with E-state index < -0.39 is 22.3 Å². The summed E-state index contributed by atoms with van der Waals surface area (Å²) >= 11 is 0. The summed E-state index contributed by atoms with van der Waals surface area (Å²) in [4.78, 5) is 22.5. The van der Waals surface area contributed by atoms with Gasteiger partial charge in [0, 0.05) is 5.54 Å². The van der Waals surface area contributed by atoms with Crippen LogP contribution < -0.4 is 5.32 Å². The van der Waals surface area contributed by atoms with Crippen LogP contribution in [-0.2, 0) is 0 Å². The van der Waals surface area contributed by atoms with E-state index in [4.69, 9.17) is 0 Å². The third-order valence-electron chi connectivity index (χ3n) is 3.81. The first-order valence-electron chi connectivity index (χ1n) is 6.72. The summed E-state index contributed by atoms with van der Waals surface area (Å²) in [5.74, 6) is -0.992. The van der Waals surface area contributed by atoms with Crippen molar-refractivity contribution in [3.05, 3.63) is 33.9 Å². The maximum absolute atomic E-state index is 12.3. The smallest absolute Gasteiger partial charge is 0.323 e. The van der Waals surface area contributed by atoms with E-state index in [1.807, 2.05) is 6.92 Å². The standard InChI is InChI=1S/C14H18N2O4/c1-14(8-3-2-4-9-14)15-13(18)10-6-5-7-11(17)12(10)16(19)20/h5-7,17H,2-4,8-9H2,1H3,(H,15,18). The molecule has 1 fully saturated rings. The van der Waals surface area contributed by atoms with Gasteiger partial charge in [-0.15, -0.1) is 0 Å². The Labute approximate surface area is 117 Å².